The van der Waals surface area contributed by atoms with Gasteiger partial charge in [0.2, 0.25) is 0 Å². The third-order valence-corrected chi connectivity index (χ3v) is 7.09. The molecule has 0 atom stereocenters. The van der Waals surface area contributed by atoms with Crippen molar-refractivity contribution in [3.8, 4) is 0 Å². The van der Waals surface area contributed by atoms with E-state index in [1.54, 1.807) is 0 Å². The van der Waals surface area contributed by atoms with Crippen molar-refractivity contribution in [1.29, 1.82) is 0 Å². The van der Waals surface area contributed by atoms with Crippen LogP contribution in [0.25, 0.3) is 10.9 Å². The van der Waals surface area contributed by atoms with Crippen molar-refractivity contribution >= 4 is 16.9 Å². The molecule has 170 valence electrons. The van der Waals surface area contributed by atoms with Gasteiger partial charge in [-0.3, -0.25) is 0 Å². The second kappa shape index (κ2) is 10.4. The summed E-state index contributed by atoms with van der Waals surface area (Å²) in [5, 5.41) is 1.35. The third kappa shape index (κ3) is 4.91. The molecule has 0 N–H and O–H groups in total. The minimum absolute atomic E-state index is 0.287. The highest BCUT2D eigenvalue weighted by molar-refractivity contribution is 5.89. The first kappa shape index (κ1) is 22.6. The summed E-state index contributed by atoms with van der Waals surface area (Å²) in [6, 6.07) is 16.6. The molecule has 0 radical (unpaired) electrons. The van der Waals surface area contributed by atoms with Crippen molar-refractivity contribution in [2.75, 3.05) is 26.7 Å². The van der Waals surface area contributed by atoms with E-state index in [4.69, 9.17) is 4.74 Å². The van der Waals surface area contributed by atoms with Gasteiger partial charge < -0.3 is 14.2 Å². The van der Waals surface area contributed by atoms with Gasteiger partial charge in [0.1, 0.15) is 0 Å². The Morgan fingerprint density at radius 2 is 1.78 bits per heavy atom. The zero-order valence-electron chi connectivity index (χ0n) is 19.8. The molecule has 1 aromatic heterocycles. The number of hydrogen-bond acceptors (Lipinski definition) is 3. The summed E-state index contributed by atoms with van der Waals surface area (Å²) in [7, 11) is 1.42. The lowest BCUT2D eigenvalue weighted by molar-refractivity contribution is 0.0600. The van der Waals surface area contributed by atoms with Gasteiger partial charge >= 0.3 is 5.97 Å². The number of carbonyl (C=O) groups is 1. The molecule has 0 unspecified atom stereocenters. The number of nitrogens with zero attached hydrogens (tertiary/aromatic N) is 2. The van der Waals surface area contributed by atoms with Crippen LogP contribution < -0.4 is 0 Å². The van der Waals surface area contributed by atoms with Crippen LogP contribution in [0.3, 0.4) is 0 Å². The molecule has 1 fully saturated rings. The first-order valence-electron chi connectivity index (χ1n) is 12.1. The number of ether oxygens (including phenoxy) is 1. The summed E-state index contributed by atoms with van der Waals surface area (Å²) < 4.78 is 7.38. The standard InChI is InChI=1S/C28H36N2O2/c1-4-5-16-29-17-14-23(15-18-29)20-30-21(2)26(25-8-6-7-9-27(25)30)19-22-10-12-24(13-11-22)28(31)32-3/h6-13,23H,4-5,14-20H2,1-3H3. The van der Waals surface area contributed by atoms with E-state index >= 15 is 0 Å². The minimum atomic E-state index is -0.287. The molecule has 1 saturated heterocycles. The SMILES string of the molecule is CCCCN1CCC(Cn2c(C)c(Cc3ccc(C(=O)OC)cc3)c3ccccc32)CC1. The van der Waals surface area contributed by atoms with Crippen LogP contribution >= 0.6 is 0 Å². The number of unbranched alkanes of at least 4 members (excludes halogenated alkanes) is 1. The van der Waals surface area contributed by atoms with Crippen LogP contribution in [-0.4, -0.2) is 42.2 Å². The van der Waals surface area contributed by atoms with Crippen LogP contribution in [0.15, 0.2) is 48.5 Å². The van der Waals surface area contributed by atoms with Gasteiger partial charge in [-0.25, -0.2) is 4.79 Å². The van der Waals surface area contributed by atoms with Gasteiger partial charge in [0.15, 0.2) is 0 Å². The molecule has 0 bridgehead atoms. The summed E-state index contributed by atoms with van der Waals surface area (Å²) in [4.78, 5) is 14.4. The molecule has 2 heterocycles. The number of para-hydroxylation sites is 1. The van der Waals surface area contributed by atoms with E-state index in [0.717, 1.165) is 18.9 Å². The van der Waals surface area contributed by atoms with E-state index in [9.17, 15) is 4.79 Å². The first-order chi connectivity index (χ1) is 15.6. The smallest absolute Gasteiger partial charge is 0.337 e. The van der Waals surface area contributed by atoms with Crippen LogP contribution in [0.2, 0.25) is 0 Å². The van der Waals surface area contributed by atoms with Crippen LogP contribution in [0.4, 0.5) is 0 Å². The molecule has 0 amide bonds. The third-order valence-electron chi connectivity index (χ3n) is 7.09. The molecule has 2 aromatic carbocycles. The van der Waals surface area contributed by atoms with Crippen molar-refractivity contribution in [1.82, 2.24) is 9.47 Å². The Balaban J connectivity index is 1.53. The Hall–Kier alpha value is -2.59. The van der Waals surface area contributed by atoms with Gasteiger partial charge in [0.05, 0.1) is 12.7 Å². The summed E-state index contributed by atoms with van der Waals surface area (Å²) >= 11 is 0. The van der Waals surface area contributed by atoms with Gasteiger partial charge in [0, 0.05) is 23.1 Å². The molecule has 32 heavy (non-hydrogen) atoms. The number of piperidine rings is 1. The monoisotopic (exact) mass is 432 g/mol. The van der Waals surface area contributed by atoms with Crippen molar-refractivity contribution in [2.24, 2.45) is 5.92 Å². The van der Waals surface area contributed by atoms with Crippen molar-refractivity contribution in [2.45, 2.75) is 52.5 Å². The minimum Gasteiger partial charge on any atom is -0.465 e. The maximum Gasteiger partial charge on any atom is 0.337 e. The van der Waals surface area contributed by atoms with Gasteiger partial charge in [-0.15, -0.1) is 0 Å². The number of rotatable bonds is 8. The number of benzene rings is 2. The molecule has 4 nitrogen and oxygen atoms in total. The fourth-order valence-corrected chi connectivity index (χ4v) is 5.07. The topological polar surface area (TPSA) is 34.5 Å². The van der Waals surface area contributed by atoms with Gasteiger partial charge in [-0.2, -0.15) is 0 Å². The van der Waals surface area contributed by atoms with Crippen molar-refractivity contribution < 1.29 is 9.53 Å². The van der Waals surface area contributed by atoms with Crippen molar-refractivity contribution in [3.63, 3.8) is 0 Å². The molecular formula is C28H36N2O2. The maximum atomic E-state index is 11.7. The van der Waals surface area contributed by atoms with Gasteiger partial charge in [-0.05, 0) is 87.5 Å². The number of likely N-dealkylation sites (tertiary alicyclic amines) is 1. The number of fused-ring (bicyclic) bond motifs is 1. The second-order valence-electron chi connectivity index (χ2n) is 9.20. The predicted octanol–water partition coefficient (Wildman–Crippen LogP) is 5.84. The highest BCUT2D eigenvalue weighted by Crippen LogP contribution is 2.30. The van der Waals surface area contributed by atoms with E-state index < -0.39 is 0 Å². The first-order valence-corrected chi connectivity index (χ1v) is 12.1. The Kier molecular flexibility index (Phi) is 7.31. The zero-order chi connectivity index (χ0) is 22.5. The number of carbonyl (C=O) groups excluding carboxylic acids is 1. The van der Waals surface area contributed by atoms with E-state index in [-0.39, 0.29) is 5.97 Å². The number of methoxy groups -OCH3 is 1. The molecule has 4 heteroatoms. The van der Waals surface area contributed by atoms with E-state index in [1.165, 1.54) is 80.2 Å². The Morgan fingerprint density at radius 1 is 1.06 bits per heavy atom. The normalized spacial score (nSPS) is 15.3. The average molecular weight is 433 g/mol. The highest BCUT2D eigenvalue weighted by atomic mass is 16.5. The zero-order valence-corrected chi connectivity index (χ0v) is 19.8. The van der Waals surface area contributed by atoms with E-state index in [1.807, 2.05) is 24.3 Å². The molecular weight excluding hydrogens is 396 g/mol. The molecule has 3 aromatic rings. The van der Waals surface area contributed by atoms with Gasteiger partial charge in [0.25, 0.3) is 0 Å². The second-order valence-corrected chi connectivity index (χ2v) is 9.20. The fraction of sp³-hybridized carbons (Fsp3) is 0.464. The van der Waals surface area contributed by atoms with Crippen LogP contribution in [0.5, 0.6) is 0 Å². The Labute approximate surface area is 192 Å². The van der Waals surface area contributed by atoms with Crippen LogP contribution in [-0.2, 0) is 17.7 Å². The number of aromatic nitrogens is 1. The largest absolute Gasteiger partial charge is 0.465 e. The average Bonchev–Trinajstić information content (AvgIpc) is 3.09. The van der Waals surface area contributed by atoms with Crippen LogP contribution in [0, 0.1) is 12.8 Å². The quantitative estimate of drug-likeness (QED) is 0.420. The molecule has 0 spiro atoms. The van der Waals surface area contributed by atoms with E-state index in [0.29, 0.717) is 5.56 Å². The fourth-order valence-electron chi connectivity index (χ4n) is 5.07. The lowest BCUT2D eigenvalue weighted by Gasteiger charge is -2.32. The predicted molar refractivity (Wildman–Crippen MR) is 131 cm³/mol. The van der Waals surface area contributed by atoms with Crippen LogP contribution in [0.1, 0.15) is 59.8 Å². The summed E-state index contributed by atoms with van der Waals surface area (Å²) in [6.07, 6.45) is 6.05. The lowest BCUT2D eigenvalue weighted by atomic mass is 9.96. The Morgan fingerprint density at radius 3 is 2.47 bits per heavy atom. The molecule has 0 aliphatic carbocycles. The lowest BCUT2D eigenvalue weighted by Crippen LogP contribution is -2.35. The number of esters is 1. The molecule has 1 aliphatic rings. The van der Waals surface area contributed by atoms with Gasteiger partial charge in [-0.1, -0.05) is 43.7 Å². The Bertz CT molecular complexity index is 1040. The summed E-state index contributed by atoms with van der Waals surface area (Å²) in [5.74, 6) is 0.458. The van der Waals surface area contributed by atoms with E-state index in [2.05, 4.69) is 47.6 Å². The molecule has 4 rings (SSSR count). The van der Waals surface area contributed by atoms with Crippen molar-refractivity contribution in [3.05, 3.63) is 70.9 Å². The summed E-state index contributed by atoms with van der Waals surface area (Å²) in [6.45, 7) is 9.39. The number of hydrogen-bond donors (Lipinski definition) is 0. The maximum absolute atomic E-state index is 11.7. The molecule has 1 aliphatic heterocycles. The highest BCUT2D eigenvalue weighted by Gasteiger charge is 2.22. The summed E-state index contributed by atoms with van der Waals surface area (Å²) in [5.41, 5.74) is 5.93. The molecule has 0 saturated carbocycles.